The summed E-state index contributed by atoms with van der Waals surface area (Å²) >= 11 is 0. The van der Waals surface area contributed by atoms with Crippen molar-refractivity contribution in [2.75, 3.05) is 0 Å². The second kappa shape index (κ2) is 7.65. The van der Waals surface area contributed by atoms with Crippen LogP contribution in [-0.4, -0.2) is 34.5 Å². The van der Waals surface area contributed by atoms with Crippen LogP contribution in [-0.2, 0) is 16.3 Å². The number of aromatic nitrogens is 4. The molecular formula is C20H15F3N4O3S. The molecule has 4 rings (SSSR count). The van der Waals surface area contributed by atoms with Crippen molar-refractivity contribution in [1.29, 1.82) is 0 Å². The van der Waals surface area contributed by atoms with Gasteiger partial charge in [0.2, 0.25) is 9.84 Å². The molecule has 0 aliphatic heterocycles. The molecular weight excluding hydrogens is 433 g/mol. The molecule has 160 valence electrons. The summed E-state index contributed by atoms with van der Waals surface area (Å²) in [6.45, 7) is 1.95. The number of fused-ring (bicyclic) bond motifs is 1. The SMILES string of the molecule is CCc1ccc(S(=O)(=O)c2cc(-n3cncn3)c3cc(OC(F)(F)F)ccc3n2)cc1. The average molecular weight is 448 g/mol. The van der Waals surface area contributed by atoms with Crippen LogP contribution in [0, 0.1) is 0 Å². The summed E-state index contributed by atoms with van der Waals surface area (Å²) in [6.07, 6.45) is -1.59. The molecule has 0 radical (unpaired) electrons. The van der Waals surface area contributed by atoms with Crippen LogP contribution in [0.15, 0.2) is 71.1 Å². The van der Waals surface area contributed by atoms with Crippen LogP contribution in [0.1, 0.15) is 12.5 Å². The first-order chi connectivity index (χ1) is 14.7. The summed E-state index contributed by atoms with van der Waals surface area (Å²) in [6, 6.07) is 11.1. The zero-order valence-electron chi connectivity index (χ0n) is 16.0. The van der Waals surface area contributed by atoms with E-state index in [0.29, 0.717) is 0 Å². The predicted octanol–water partition coefficient (Wildman–Crippen LogP) is 4.11. The minimum atomic E-state index is -4.87. The summed E-state index contributed by atoms with van der Waals surface area (Å²) in [4.78, 5) is 8.07. The third-order valence-corrected chi connectivity index (χ3v) is 6.20. The molecule has 2 aromatic heterocycles. The lowest BCUT2D eigenvalue weighted by atomic mass is 10.2. The highest BCUT2D eigenvalue weighted by atomic mass is 32.2. The number of halogens is 3. The molecule has 0 aliphatic carbocycles. The molecule has 4 aromatic rings. The number of benzene rings is 2. The Morgan fingerprint density at radius 1 is 1.06 bits per heavy atom. The van der Waals surface area contributed by atoms with Gasteiger partial charge in [-0.3, -0.25) is 0 Å². The first-order valence-corrected chi connectivity index (χ1v) is 10.6. The number of aryl methyl sites for hydroxylation is 1. The van der Waals surface area contributed by atoms with Gasteiger partial charge in [0.15, 0.2) is 5.03 Å². The van der Waals surface area contributed by atoms with Gasteiger partial charge in [-0.1, -0.05) is 19.1 Å². The molecule has 0 fully saturated rings. The van der Waals surface area contributed by atoms with Crippen molar-refractivity contribution in [3.63, 3.8) is 0 Å². The van der Waals surface area contributed by atoms with Gasteiger partial charge in [0.05, 0.1) is 16.1 Å². The highest BCUT2D eigenvalue weighted by Crippen LogP contribution is 2.31. The molecule has 31 heavy (non-hydrogen) atoms. The van der Waals surface area contributed by atoms with Crippen molar-refractivity contribution in [3.05, 3.63) is 66.7 Å². The van der Waals surface area contributed by atoms with E-state index in [9.17, 15) is 21.6 Å². The van der Waals surface area contributed by atoms with E-state index in [1.54, 1.807) is 12.1 Å². The number of nitrogens with zero attached hydrogens (tertiary/aromatic N) is 4. The van der Waals surface area contributed by atoms with Crippen LogP contribution < -0.4 is 4.74 Å². The first-order valence-electron chi connectivity index (χ1n) is 9.07. The van der Waals surface area contributed by atoms with Gasteiger partial charge in [0.25, 0.3) is 0 Å². The molecule has 0 saturated carbocycles. The van der Waals surface area contributed by atoms with E-state index in [0.717, 1.165) is 24.1 Å². The maximum absolute atomic E-state index is 13.2. The molecule has 0 N–H and O–H groups in total. The first kappa shape index (κ1) is 20.8. The van der Waals surface area contributed by atoms with Crippen molar-refractivity contribution in [3.8, 4) is 11.4 Å². The highest BCUT2D eigenvalue weighted by molar-refractivity contribution is 7.91. The van der Waals surface area contributed by atoms with E-state index in [4.69, 9.17) is 0 Å². The molecule has 11 heteroatoms. The smallest absolute Gasteiger partial charge is 0.406 e. The van der Waals surface area contributed by atoms with Gasteiger partial charge in [0.1, 0.15) is 18.4 Å². The number of ether oxygens (including phenoxy) is 1. The third kappa shape index (κ3) is 4.22. The van der Waals surface area contributed by atoms with Crippen molar-refractivity contribution in [2.24, 2.45) is 0 Å². The molecule has 2 aromatic carbocycles. The van der Waals surface area contributed by atoms with Crippen LogP contribution in [0.5, 0.6) is 5.75 Å². The van der Waals surface area contributed by atoms with Gasteiger partial charge >= 0.3 is 6.36 Å². The quantitative estimate of drug-likeness (QED) is 0.457. The standard InChI is InChI=1S/C20H15F3N4O3S/c1-2-13-3-6-15(7-4-13)31(28,29)19-10-18(27-12-24-11-25-27)16-9-14(30-20(21,22)23)5-8-17(16)26-19/h3-12H,2H2,1H3. The second-order valence-electron chi connectivity index (χ2n) is 6.55. The van der Waals surface area contributed by atoms with Gasteiger partial charge in [-0.05, 0) is 42.3 Å². The fourth-order valence-corrected chi connectivity index (χ4v) is 4.27. The number of rotatable bonds is 5. The summed E-state index contributed by atoms with van der Waals surface area (Å²) in [5.74, 6) is -0.464. The summed E-state index contributed by atoms with van der Waals surface area (Å²) < 4.78 is 69.5. The summed E-state index contributed by atoms with van der Waals surface area (Å²) in [5, 5.41) is 3.93. The monoisotopic (exact) mass is 448 g/mol. The van der Waals surface area contributed by atoms with Gasteiger partial charge < -0.3 is 4.74 Å². The zero-order chi connectivity index (χ0) is 22.2. The largest absolute Gasteiger partial charge is 0.573 e. The summed E-state index contributed by atoms with van der Waals surface area (Å²) in [5.41, 5.74) is 1.33. The Bertz CT molecular complexity index is 1340. The van der Waals surface area contributed by atoms with Crippen LogP contribution in [0.25, 0.3) is 16.6 Å². The molecule has 0 atom stereocenters. The molecule has 0 unspecified atom stereocenters. The Morgan fingerprint density at radius 2 is 1.81 bits per heavy atom. The normalized spacial score (nSPS) is 12.3. The van der Waals surface area contributed by atoms with Crippen LogP contribution >= 0.6 is 0 Å². The fourth-order valence-electron chi connectivity index (χ4n) is 3.05. The van der Waals surface area contributed by atoms with E-state index in [1.807, 2.05) is 6.92 Å². The van der Waals surface area contributed by atoms with Crippen LogP contribution in [0.4, 0.5) is 13.2 Å². The van der Waals surface area contributed by atoms with Crippen molar-refractivity contribution in [1.82, 2.24) is 19.7 Å². The zero-order valence-corrected chi connectivity index (χ0v) is 16.9. The molecule has 0 aliphatic rings. The van der Waals surface area contributed by atoms with Gasteiger partial charge in [-0.25, -0.2) is 23.1 Å². The Morgan fingerprint density at radius 3 is 2.42 bits per heavy atom. The maximum Gasteiger partial charge on any atom is 0.573 e. The molecule has 0 spiro atoms. The number of hydrogen-bond donors (Lipinski definition) is 0. The summed E-state index contributed by atoms with van der Waals surface area (Å²) in [7, 11) is -3.99. The number of pyridine rings is 1. The van der Waals surface area contributed by atoms with E-state index >= 15 is 0 Å². The topological polar surface area (TPSA) is 87.0 Å². The predicted molar refractivity (Wildman–Crippen MR) is 105 cm³/mol. The van der Waals surface area contributed by atoms with Crippen molar-refractivity contribution < 1.29 is 26.3 Å². The van der Waals surface area contributed by atoms with Crippen LogP contribution in [0.2, 0.25) is 0 Å². The Balaban J connectivity index is 1.90. The Kier molecular flexibility index (Phi) is 5.13. The van der Waals surface area contributed by atoms with Crippen molar-refractivity contribution in [2.45, 2.75) is 29.6 Å². The lowest BCUT2D eigenvalue weighted by molar-refractivity contribution is -0.274. The minimum absolute atomic E-state index is 0.0538. The van der Waals surface area contributed by atoms with Crippen LogP contribution in [0.3, 0.4) is 0 Å². The van der Waals surface area contributed by atoms with E-state index < -0.39 is 21.9 Å². The van der Waals surface area contributed by atoms with E-state index in [1.165, 1.54) is 41.6 Å². The van der Waals surface area contributed by atoms with E-state index in [-0.39, 0.29) is 26.5 Å². The van der Waals surface area contributed by atoms with Gasteiger partial charge in [0, 0.05) is 11.5 Å². The maximum atomic E-state index is 13.2. The molecule has 0 amide bonds. The van der Waals surface area contributed by atoms with Gasteiger partial charge in [-0.15, -0.1) is 13.2 Å². The Hall–Kier alpha value is -3.47. The van der Waals surface area contributed by atoms with Gasteiger partial charge in [-0.2, -0.15) is 5.10 Å². The lowest BCUT2D eigenvalue weighted by Gasteiger charge is -2.13. The molecule has 2 heterocycles. The number of sulfone groups is 1. The molecule has 0 saturated heterocycles. The molecule has 7 nitrogen and oxygen atoms in total. The molecule has 0 bridgehead atoms. The fraction of sp³-hybridized carbons (Fsp3) is 0.150. The lowest BCUT2D eigenvalue weighted by Crippen LogP contribution is -2.17. The highest BCUT2D eigenvalue weighted by Gasteiger charge is 2.31. The van der Waals surface area contributed by atoms with E-state index in [2.05, 4.69) is 19.8 Å². The third-order valence-electron chi connectivity index (χ3n) is 4.55. The number of alkyl halides is 3. The minimum Gasteiger partial charge on any atom is -0.406 e. The van der Waals surface area contributed by atoms with Crippen molar-refractivity contribution >= 4 is 20.7 Å². The second-order valence-corrected chi connectivity index (χ2v) is 8.44. The number of hydrogen-bond acceptors (Lipinski definition) is 6. The average Bonchev–Trinajstić information content (AvgIpc) is 3.26. The Labute approximate surface area is 175 Å².